The summed E-state index contributed by atoms with van der Waals surface area (Å²) >= 11 is 0. The van der Waals surface area contributed by atoms with Gasteiger partial charge in [-0.15, -0.1) is 0 Å². The molecule has 2 rings (SSSR count). The number of likely N-dealkylation sites (tertiary alicyclic amines) is 1. The molecule has 22 heavy (non-hydrogen) atoms. The van der Waals surface area contributed by atoms with Gasteiger partial charge in [-0.2, -0.15) is 0 Å². The number of nitrogens with one attached hydrogen (secondary N) is 1. The molecule has 0 aliphatic carbocycles. The molecule has 0 radical (unpaired) electrons. The van der Waals surface area contributed by atoms with Crippen LogP contribution >= 0.6 is 0 Å². The van der Waals surface area contributed by atoms with Gasteiger partial charge in [0.2, 0.25) is 0 Å². The fourth-order valence-electron chi connectivity index (χ4n) is 2.34. The third-order valence-electron chi connectivity index (χ3n) is 3.61. The number of ether oxygens (including phenoxy) is 1. The number of amides is 2. The Morgan fingerprint density at radius 1 is 1.45 bits per heavy atom. The van der Waals surface area contributed by atoms with Crippen molar-refractivity contribution in [3.63, 3.8) is 0 Å². The minimum Gasteiger partial charge on any atom is -0.490 e. The monoisotopic (exact) mass is 307 g/mol. The van der Waals surface area contributed by atoms with Crippen molar-refractivity contribution in [3.8, 4) is 5.75 Å². The normalized spacial score (nSPS) is 15.4. The van der Waals surface area contributed by atoms with Crippen LogP contribution in [0, 0.1) is 6.92 Å². The number of urea groups is 1. The topological polar surface area (TPSA) is 91.8 Å². The van der Waals surface area contributed by atoms with Crippen LogP contribution in [0.2, 0.25) is 0 Å². The lowest BCUT2D eigenvalue weighted by Gasteiger charge is -2.32. The number of hydrogen-bond acceptors (Lipinski definition) is 4. The Kier molecular flexibility index (Phi) is 5.57. The molecule has 1 fully saturated rings. The first kappa shape index (κ1) is 16.1. The summed E-state index contributed by atoms with van der Waals surface area (Å²) < 4.78 is 5.95. The van der Waals surface area contributed by atoms with Crippen molar-refractivity contribution in [1.82, 2.24) is 15.2 Å². The number of aromatic nitrogens is 1. The van der Waals surface area contributed by atoms with Crippen LogP contribution in [0.15, 0.2) is 18.5 Å². The van der Waals surface area contributed by atoms with Gasteiger partial charge in [0, 0.05) is 50.4 Å². The van der Waals surface area contributed by atoms with E-state index in [0.717, 1.165) is 24.2 Å². The number of carbonyl (C=O) groups excluding carboxylic acids is 1. The summed E-state index contributed by atoms with van der Waals surface area (Å²) in [5, 5.41) is 11.2. The maximum Gasteiger partial charge on any atom is 0.317 e. The number of carboxylic acids is 1. The molecule has 120 valence electrons. The van der Waals surface area contributed by atoms with Crippen LogP contribution < -0.4 is 10.1 Å². The van der Waals surface area contributed by atoms with Gasteiger partial charge in [0.25, 0.3) is 0 Å². The molecule has 0 unspecified atom stereocenters. The third-order valence-corrected chi connectivity index (χ3v) is 3.61. The predicted molar refractivity (Wildman–Crippen MR) is 79.8 cm³/mol. The summed E-state index contributed by atoms with van der Waals surface area (Å²) in [4.78, 5) is 28.0. The second-order valence-corrected chi connectivity index (χ2v) is 5.32. The maximum atomic E-state index is 11.9. The lowest BCUT2D eigenvalue weighted by atomic mass is 10.1. The van der Waals surface area contributed by atoms with Crippen LogP contribution in [-0.4, -0.2) is 52.7 Å². The lowest BCUT2D eigenvalue weighted by molar-refractivity contribution is -0.136. The highest BCUT2D eigenvalue weighted by molar-refractivity contribution is 5.75. The zero-order valence-electron chi connectivity index (χ0n) is 12.6. The summed E-state index contributed by atoms with van der Waals surface area (Å²) in [5.41, 5.74) is 0.997. The second-order valence-electron chi connectivity index (χ2n) is 5.32. The first-order chi connectivity index (χ1) is 10.6. The molecule has 0 bridgehead atoms. The van der Waals surface area contributed by atoms with Crippen LogP contribution in [0.1, 0.15) is 24.8 Å². The van der Waals surface area contributed by atoms with Crippen LogP contribution in [0.5, 0.6) is 5.75 Å². The second kappa shape index (κ2) is 7.63. The fourth-order valence-corrected chi connectivity index (χ4v) is 2.34. The van der Waals surface area contributed by atoms with Gasteiger partial charge in [0.15, 0.2) is 0 Å². The quantitative estimate of drug-likeness (QED) is 0.858. The number of carbonyl (C=O) groups is 2. The van der Waals surface area contributed by atoms with Gasteiger partial charge in [-0.3, -0.25) is 9.78 Å². The van der Waals surface area contributed by atoms with Crippen LogP contribution in [0.3, 0.4) is 0 Å². The summed E-state index contributed by atoms with van der Waals surface area (Å²) in [6, 6.07) is 1.64. The molecular formula is C15H21N3O4. The molecule has 1 aromatic rings. The molecule has 0 saturated carbocycles. The van der Waals surface area contributed by atoms with Crippen molar-refractivity contribution in [2.24, 2.45) is 0 Å². The minimum absolute atomic E-state index is 0.0629. The van der Waals surface area contributed by atoms with Crippen molar-refractivity contribution in [1.29, 1.82) is 0 Å². The van der Waals surface area contributed by atoms with Gasteiger partial charge in [-0.25, -0.2) is 4.79 Å². The maximum absolute atomic E-state index is 11.9. The molecule has 2 heterocycles. The van der Waals surface area contributed by atoms with E-state index < -0.39 is 5.97 Å². The lowest BCUT2D eigenvalue weighted by Crippen LogP contribution is -2.46. The van der Waals surface area contributed by atoms with Crippen LogP contribution in [0.4, 0.5) is 4.79 Å². The van der Waals surface area contributed by atoms with E-state index in [9.17, 15) is 9.59 Å². The van der Waals surface area contributed by atoms with Gasteiger partial charge in [0.1, 0.15) is 11.9 Å². The molecule has 7 nitrogen and oxygen atoms in total. The fraction of sp³-hybridized carbons (Fsp3) is 0.533. The Bertz CT molecular complexity index is 527. The Hall–Kier alpha value is -2.31. The molecular weight excluding hydrogens is 286 g/mol. The Morgan fingerprint density at radius 3 is 2.82 bits per heavy atom. The number of hydrogen-bond donors (Lipinski definition) is 2. The van der Waals surface area contributed by atoms with Gasteiger partial charge < -0.3 is 20.1 Å². The number of piperidine rings is 1. The smallest absolute Gasteiger partial charge is 0.317 e. The number of aliphatic carboxylic acids is 1. The first-order valence-electron chi connectivity index (χ1n) is 7.38. The van der Waals surface area contributed by atoms with E-state index in [4.69, 9.17) is 9.84 Å². The van der Waals surface area contributed by atoms with Crippen LogP contribution in [-0.2, 0) is 4.79 Å². The van der Waals surface area contributed by atoms with E-state index in [1.165, 1.54) is 0 Å². The molecule has 1 aliphatic heterocycles. The van der Waals surface area contributed by atoms with E-state index in [0.29, 0.717) is 13.1 Å². The van der Waals surface area contributed by atoms with Crippen molar-refractivity contribution in [2.75, 3.05) is 19.6 Å². The molecule has 0 atom stereocenters. The number of pyridine rings is 1. The van der Waals surface area contributed by atoms with Crippen molar-refractivity contribution in [2.45, 2.75) is 32.3 Å². The molecule has 2 N–H and O–H groups in total. The minimum atomic E-state index is -0.917. The molecule has 7 heteroatoms. The number of nitrogens with zero attached hydrogens (tertiary/aromatic N) is 2. The summed E-state index contributed by atoms with van der Waals surface area (Å²) in [6.45, 7) is 3.32. The van der Waals surface area contributed by atoms with Crippen molar-refractivity contribution < 1.29 is 19.4 Å². The highest BCUT2D eigenvalue weighted by Crippen LogP contribution is 2.21. The Balaban J connectivity index is 1.74. The van der Waals surface area contributed by atoms with Crippen LogP contribution in [0.25, 0.3) is 0 Å². The summed E-state index contributed by atoms with van der Waals surface area (Å²) in [5.74, 6) is -0.0838. The van der Waals surface area contributed by atoms with E-state index in [1.807, 2.05) is 13.0 Å². The van der Waals surface area contributed by atoms with Gasteiger partial charge >= 0.3 is 12.0 Å². The predicted octanol–water partition coefficient (Wildman–Crippen LogP) is 1.42. The van der Waals surface area contributed by atoms with Gasteiger partial charge in [-0.05, 0) is 13.0 Å². The standard InChI is InChI=1S/C15H21N3O4/c1-11-10-16-6-2-13(11)22-12-4-8-18(9-5-12)15(21)17-7-3-14(19)20/h2,6,10,12H,3-5,7-9H2,1H3,(H,17,21)(H,19,20). The molecule has 2 amide bonds. The highest BCUT2D eigenvalue weighted by atomic mass is 16.5. The Labute approximate surface area is 129 Å². The van der Waals surface area contributed by atoms with E-state index in [1.54, 1.807) is 17.3 Å². The third kappa shape index (κ3) is 4.61. The average Bonchev–Trinajstić information content (AvgIpc) is 2.50. The largest absolute Gasteiger partial charge is 0.490 e. The van der Waals surface area contributed by atoms with Gasteiger partial charge in [0.05, 0.1) is 6.42 Å². The molecule has 1 saturated heterocycles. The van der Waals surface area contributed by atoms with Crippen molar-refractivity contribution in [3.05, 3.63) is 24.0 Å². The van der Waals surface area contributed by atoms with Crippen molar-refractivity contribution >= 4 is 12.0 Å². The number of rotatable bonds is 5. The molecule has 1 aliphatic rings. The zero-order chi connectivity index (χ0) is 15.9. The summed E-state index contributed by atoms with van der Waals surface area (Å²) in [6.07, 6.45) is 5.01. The van der Waals surface area contributed by atoms with E-state index in [-0.39, 0.29) is 25.1 Å². The Morgan fingerprint density at radius 2 is 2.18 bits per heavy atom. The van der Waals surface area contributed by atoms with E-state index in [2.05, 4.69) is 10.3 Å². The first-order valence-corrected chi connectivity index (χ1v) is 7.38. The SMILES string of the molecule is Cc1cnccc1OC1CCN(C(=O)NCCC(=O)O)CC1. The number of carboxylic acid groups (broad SMARTS) is 1. The average molecular weight is 307 g/mol. The van der Waals surface area contributed by atoms with Gasteiger partial charge in [-0.1, -0.05) is 0 Å². The number of aryl methyl sites for hydroxylation is 1. The zero-order valence-corrected chi connectivity index (χ0v) is 12.6. The molecule has 0 spiro atoms. The molecule has 0 aromatic carbocycles. The summed E-state index contributed by atoms with van der Waals surface area (Å²) in [7, 11) is 0. The molecule has 1 aromatic heterocycles. The highest BCUT2D eigenvalue weighted by Gasteiger charge is 2.24. The van der Waals surface area contributed by atoms with E-state index >= 15 is 0 Å².